The summed E-state index contributed by atoms with van der Waals surface area (Å²) in [6, 6.07) is 17.0. The number of aromatic nitrogens is 2. The zero-order chi connectivity index (χ0) is 21.3. The number of rotatable bonds is 4. The number of H-pyrrole nitrogens is 1. The van der Waals surface area contributed by atoms with E-state index in [2.05, 4.69) is 20.8 Å². The summed E-state index contributed by atoms with van der Waals surface area (Å²) < 4.78 is 0. The van der Waals surface area contributed by atoms with Gasteiger partial charge in [-0.1, -0.05) is 47.5 Å². The Morgan fingerprint density at radius 1 is 0.933 bits per heavy atom. The lowest BCUT2D eigenvalue weighted by atomic mass is 10.0. The summed E-state index contributed by atoms with van der Waals surface area (Å²) in [6.45, 7) is 0. The summed E-state index contributed by atoms with van der Waals surface area (Å²) in [7, 11) is 0. The number of hydrogen-bond acceptors (Lipinski definition) is 3. The average molecular weight is 441 g/mol. The second-order valence-corrected chi connectivity index (χ2v) is 7.18. The quantitative estimate of drug-likeness (QED) is 0.317. The third-order valence-electron chi connectivity index (χ3n) is 4.42. The van der Waals surface area contributed by atoms with Crippen molar-refractivity contribution in [2.24, 2.45) is 0 Å². The predicted molar refractivity (Wildman–Crippen MR) is 118 cm³/mol. The highest BCUT2D eigenvalue weighted by Gasteiger charge is 2.13. The highest BCUT2D eigenvalue weighted by atomic mass is 35.5. The number of amides is 2. The van der Waals surface area contributed by atoms with Gasteiger partial charge in [-0.05, 0) is 47.5 Å². The minimum absolute atomic E-state index is 0.0247. The molecule has 0 radical (unpaired) electrons. The van der Waals surface area contributed by atoms with Crippen LogP contribution in [-0.2, 0) is 0 Å². The number of fused-ring (bicyclic) bond motifs is 1. The molecule has 30 heavy (non-hydrogen) atoms. The second kappa shape index (κ2) is 8.06. The molecular weight excluding hydrogens is 427 g/mol. The molecule has 0 atom stereocenters. The molecular formula is C21H14Cl2N4O3. The van der Waals surface area contributed by atoms with Crippen molar-refractivity contribution in [1.82, 2.24) is 10.2 Å². The Balaban J connectivity index is 1.55. The first-order valence-electron chi connectivity index (χ1n) is 8.76. The maximum atomic E-state index is 12.3. The standard InChI is InChI=1S/C21H14Cl2N4O3/c22-15-5-2-6-16(18(15)23)25-21(30)24-13-4-1-3-11(9-13)12-7-8-14-17(10-12)26-27-19(14)20(28)29/h1-10H,(H,26,27)(H,28,29)(H2,24,25,30). The third kappa shape index (κ3) is 3.94. The van der Waals surface area contributed by atoms with E-state index in [9.17, 15) is 14.7 Å². The summed E-state index contributed by atoms with van der Waals surface area (Å²) in [4.78, 5) is 23.5. The summed E-state index contributed by atoms with van der Waals surface area (Å²) in [5, 5.41) is 22.3. The van der Waals surface area contributed by atoms with Gasteiger partial charge in [0.05, 0.1) is 21.2 Å². The summed E-state index contributed by atoms with van der Waals surface area (Å²) in [5.41, 5.74) is 3.22. The van der Waals surface area contributed by atoms with Gasteiger partial charge in [-0.15, -0.1) is 0 Å². The summed E-state index contributed by atoms with van der Waals surface area (Å²) >= 11 is 12.1. The number of nitrogens with zero attached hydrogens (tertiary/aromatic N) is 1. The first-order chi connectivity index (χ1) is 14.4. The highest BCUT2D eigenvalue weighted by molar-refractivity contribution is 6.44. The van der Waals surface area contributed by atoms with Gasteiger partial charge in [-0.2, -0.15) is 5.10 Å². The van der Waals surface area contributed by atoms with Crippen molar-refractivity contribution in [3.05, 3.63) is 76.4 Å². The van der Waals surface area contributed by atoms with Crippen molar-refractivity contribution >= 4 is 57.5 Å². The lowest BCUT2D eigenvalue weighted by Gasteiger charge is -2.11. The van der Waals surface area contributed by atoms with E-state index in [1.165, 1.54) is 0 Å². The molecule has 2 amide bonds. The van der Waals surface area contributed by atoms with E-state index in [4.69, 9.17) is 23.2 Å². The van der Waals surface area contributed by atoms with Gasteiger partial charge in [-0.25, -0.2) is 9.59 Å². The van der Waals surface area contributed by atoms with Crippen molar-refractivity contribution < 1.29 is 14.7 Å². The lowest BCUT2D eigenvalue weighted by molar-refractivity contribution is 0.0692. The molecule has 4 N–H and O–H groups in total. The van der Waals surface area contributed by atoms with Crippen LogP contribution in [0.25, 0.3) is 22.0 Å². The zero-order valence-electron chi connectivity index (χ0n) is 15.2. The Hall–Kier alpha value is -3.55. The Labute approximate surface area is 180 Å². The predicted octanol–water partition coefficient (Wildman–Crippen LogP) is 5.88. The van der Waals surface area contributed by atoms with E-state index in [1.54, 1.807) is 54.6 Å². The van der Waals surface area contributed by atoms with E-state index in [1.807, 2.05) is 6.07 Å². The molecule has 7 nitrogen and oxygen atoms in total. The van der Waals surface area contributed by atoms with Crippen LogP contribution in [0.1, 0.15) is 10.5 Å². The molecule has 150 valence electrons. The van der Waals surface area contributed by atoms with E-state index < -0.39 is 12.0 Å². The number of anilines is 2. The Morgan fingerprint density at radius 3 is 2.50 bits per heavy atom. The SMILES string of the molecule is O=C(Nc1cccc(-c2ccc3c(C(=O)O)n[nH]c3c2)c1)Nc1cccc(Cl)c1Cl. The minimum Gasteiger partial charge on any atom is -0.476 e. The molecule has 0 aliphatic rings. The van der Waals surface area contributed by atoms with Crippen molar-refractivity contribution in [1.29, 1.82) is 0 Å². The second-order valence-electron chi connectivity index (χ2n) is 6.40. The number of carbonyl (C=O) groups excluding carboxylic acids is 1. The van der Waals surface area contributed by atoms with E-state index >= 15 is 0 Å². The molecule has 0 aliphatic carbocycles. The molecule has 0 aliphatic heterocycles. The molecule has 1 heterocycles. The van der Waals surface area contributed by atoms with Crippen LogP contribution < -0.4 is 10.6 Å². The normalized spacial score (nSPS) is 10.7. The van der Waals surface area contributed by atoms with E-state index in [0.29, 0.717) is 27.3 Å². The smallest absolute Gasteiger partial charge is 0.357 e. The Bertz CT molecular complexity index is 1290. The molecule has 9 heteroatoms. The molecule has 1 aromatic heterocycles. The average Bonchev–Trinajstić information content (AvgIpc) is 3.15. The fraction of sp³-hybridized carbons (Fsp3) is 0. The first kappa shape index (κ1) is 19.8. The van der Waals surface area contributed by atoms with Crippen LogP contribution in [0.3, 0.4) is 0 Å². The number of carboxylic acids is 1. The maximum absolute atomic E-state index is 12.3. The molecule has 3 aromatic carbocycles. The number of urea groups is 1. The lowest BCUT2D eigenvalue weighted by Crippen LogP contribution is -2.19. The summed E-state index contributed by atoms with van der Waals surface area (Å²) in [5.74, 6) is -1.09. The molecule has 0 spiro atoms. The van der Waals surface area contributed by atoms with Gasteiger partial charge in [0.15, 0.2) is 5.69 Å². The monoisotopic (exact) mass is 440 g/mol. The molecule has 0 fully saturated rings. The van der Waals surface area contributed by atoms with Crippen LogP contribution in [-0.4, -0.2) is 27.3 Å². The van der Waals surface area contributed by atoms with Gasteiger partial charge in [-0.3, -0.25) is 5.10 Å². The van der Waals surface area contributed by atoms with Crippen LogP contribution in [0.4, 0.5) is 16.2 Å². The molecule has 0 unspecified atom stereocenters. The fourth-order valence-corrected chi connectivity index (χ4v) is 3.37. The zero-order valence-corrected chi connectivity index (χ0v) is 16.8. The van der Waals surface area contributed by atoms with Gasteiger partial charge >= 0.3 is 12.0 Å². The van der Waals surface area contributed by atoms with Gasteiger partial charge in [0.25, 0.3) is 0 Å². The van der Waals surface area contributed by atoms with Crippen LogP contribution >= 0.6 is 23.2 Å². The van der Waals surface area contributed by atoms with Crippen molar-refractivity contribution in [3.8, 4) is 11.1 Å². The number of carbonyl (C=O) groups is 2. The van der Waals surface area contributed by atoms with Crippen molar-refractivity contribution in [2.45, 2.75) is 0 Å². The Morgan fingerprint density at radius 2 is 1.70 bits per heavy atom. The first-order valence-corrected chi connectivity index (χ1v) is 9.52. The van der Waals surface area contributed by atoms with Gasteiger partial charge in [0, 0.05) is 11.1 Å². The van der Waals surface area contributed by atoms with Crippen LogP contribution in [0.2, 0.25) is 10.0 Å². The molecule has 4 rings (SSSR count). The molecule has 0 saturated heterocycles. The van der Waals surface area contributed by atoms with Gasteiger partial charge in [0.2, 0.25) is 0 Å². The van der Waals surface area contributed by atoms with Gasteiger partial charge < -0.3 is 15.7 Å². The number of carboxylic acid groups (broad SMARTS) is 1. The van der Waals surface area contributed by atoms with E-state index in [0.717, 1.165) is 11.1 Å². The highest BCUT2D eigenvalue weighted by Crippen LogP contribution is 2.30. The Kier molecular flexibility index (Phi) is 5.31. The number of hydrogen-bond donors (Lipinski definition) is 4. The van der Waals surface area contributed by atoms with Gasteiger partial charge in [0.1, 0.15) is 0 Å². The number of halogens is 2. The van der Waals surface area contributed by atoms with Crippen LogP contribution in [0, 0.1) is 0 Å². The topological polar surface area (TPSA) is 107 Å². The third-order valence-corrected chi connectivity index (χ3v) is 5.24. The fourth-order valence-electron chi connectivity index (χ4n) is 3.02. The van der Waals surface area contributed by atoms with Crippen LogP contribution in [0.15, 0.2) is 60.7 Å². The van der Waals surface area contributed by atoms with E-state index in [-0.39, 0.29) is 10.7 Å². The maximum Gasteiger partial charge on any atom is 0.357 e. The molecule has 4 aromatic rings. The number of aromatic carboxylic acids is 1. The van der Waals surface area contributed by atoms with Crippen molar-refractivity contribution in [3.63, 3.8) is 0 Å². The van der Waals surface area contributed by atoms with Crippen molar-refractivity contribution in [2.75, 3.05) is 10.6 Å². The summed E-state index contributed by atoms with van der Waals surface area (Å²) in [6.07, 6.45) is 0. The molecule has 0 bridgehead atoms. The number of benzene rings is 3. The minimum atomic E-state index is -1.09. The number of nitrogens with one attached hydrogen (secondary N) is 3. The van der Waals surface area contributed by atoms with Crippen LogP contribution in [0.5, 0.6) is 0 Å². The molecule has 0 saturated carbocycles. The largest absolute Gasteiger partial charge is 0.476 e. The number of aromatic amines is 1.